The molecule has 13 heavy (non-hydrogen) atoms. The number of thiol groups is 1. The Hall–Kier alpha value is 0.797. The van der Waals surface area contributed by atoms with Crippen LogP contribution in [0.2, 0.25) is 0 Å². The lowest BCUT2D eigenvalue weighted by atomic mass is 10.9. The molecule has 0 rings (SSSR count). The Morgan fingerprint density at radius 1 is 1.00 bits per heavy atom. The van der Waals surface area contributed by atoms with Crippen LogP contribution in [0, 0.1) is 0 Å². The Morgan fingerprint density at radius 2 is 1.38 bits per heavy atom. The third-order valence-corrected chi connectivity index (χ3v) is 7.28. The Bertz CT molecular complexity index is 96.8. The molecule has 0 aromatic rings. The van der Waals surface area contributed by atoms with Crippen LogP contribution in [0.3, 0.4) is 0 Å². The van der Waals surface area contributed by atoms with Crippen molar-refractivity contribution in [2.24, 2.45) is 0 Å². The molecular formula is C7H18O3S2Si. The first kappa shape index (κ1) is 13.8. The predicted octanol–water partition coefficient (Wildman–Crippen LogP) is 2.15. The minimum absolute atomic E-state index is 0.618. The van der Waals surface area contributed by atoms with Gasteiger partial charge in [0.15, 0.2) is 0 Å². The van der Waals surface area contributed by atoms with E-state index in [1.54, 1.807) is 0 Å². The SMILES string of the molecule is CCO[Si](OCC)(OCC)SCS. The molecule has 0 aliphatic carbocycles. The van der Waals surface area contributed by atoms with Gasteiger partial charge in [0.1, 0.15) is 0 Å². The molecule has 3 nitrogen and oxygen atoms in total. The Kier molecular flexibility index (Phi) is 8.63. The summed E-state index contributed by atoms with van der Waals surface area (Å²) in [7, 11) is -2.46. The van der Waals surface area contributed by atoms with E-state index in [2.05, 4.69) is 12.6 Å². The van der Waals surface area contributed by atoms with Gasteiger partial charge in [0.2, 0.25) is 0 Å². The van der Waals surface area contributed by atoms with E-state index < -0.39 is 7.95 Å². The van der Waals surface area contributed by atoms with Gasteiger partial charge in [-0.1, -0.05) is 11.2 Å². The van der Waals surface area contributed by atoms with Crippen molar-refractivity contribution in [3.8, 4) is 0 Å². The highest BCUT2D eigenvalue weighted by atomic mass is 32.4. The van der Waals surface area contributed by atoms with Crippen LogP contribution >= 0.6 is 23.8 Å². The van der Waals surface area contributed by atoms with Crippen molar-refractivity contribution in [2.45, 2.75) is 20.8 Å². The van der Waals surface area contributed by atoms with E-state index in [9.17, 15) is 0 Å². The molecule has 6 heteroatoms. The first-order chi connectivity index (χ1) is 6.24. The summed E-state index contributed by atoms with van der Waals surface area (Å²) in [6, 6.07) is 0. The van der Waals surface area contributed by atoms with Gasteiger partial charge in [0.05, 0.1) is 0 Å². The zero-order valence-electron chi connectivity index (χ0n) is 8.41. The molecule has 0 heterocycles. The van der Waals surface area contributed by atoms with Crippen LogP contribution in [0.15, 0.2) is 0 Å². The van der Waals surface area contributed by atoms with E-state index in [1.807, 2.05) is 20.8 Å². The third-order valence-electron chi connectivity index (χ3n) is 1.20. The zero-order chi connectivity index (χ0) is 10.2. The van der Waals surface area contributed by atoms with E-state index in [1.165, 1.54) is 11.2 Å². The van der Waals surface area contributed by atoms with Crippen LogP contribution < -0.4 is 0 Å². The minimum atomic E-state index is -2.46. The fraction of sp³-hybridized carbons (Fsp3) is 1.00. The van der Waals surface area contributed by atoms with Crippen LogP contribution in [-0.2, 0) is 13.3 Å². The molecule has 0 aliphatic heterocycles. The molecule has 0 saturated heterocycles. The standard InChI is InChI=1S/C7H18O3S2Si/c1-4-8-13(9-5-2,10-6-3)12-7-11/h11H,4-7H2,1-3H3. The maximum atomic E-state index is 5.56. The molecule has 0 amide bonds. The lowest BCUT2D eigenvalue weighted by Gasteiger charge is -2.26. The molecule has 0 unspecified atom stereocenters. The summed E-state index contributed by atoms with van der Waals surface area (Å²) in [5.74, 6) is 0. The van der Waals surface area contributed by atoms with Gasteiger partial charge in [-0.2, -0.15) is 12.6 Å². The topological polar surface area (TPSA) is 27.7 Å². The van der Waals surface area contributed by atoms with Crippen molar-refractivity contribution >= 4 is 31.8 Å². The van der Waals surface area contributed by atoms with Crippen molar-refractivity contribution in [1.82, 2.24) is 0 Å². The van der Waals surface area contributed by atoms with Crippen molar-refractivity contribution in [1.29, 1.82) is 0 Å². The van der Waals surface area contributed by atoms with Crippen LogP contribution in [0.25, 0.3) is 0 Å². The summed E-state index contributed by atoms with van der Waals surface area (Å²) < 4.78 is 16.7. The van der Waals surface area contributed by atoms with Crippen LogP contribution in [0.5, 0.6) is 0 Å². The summed E-state index contributed by atoms with van der Waals surface area (Å²) in [4.78, 5) is 0. The average Bonchev–Trinajstić information content (AvgIpc) is 2.06. The normalized spacial score (nSPS) is 12.0. The molecule has 0 fully saturated rings. The molecule has 0 N–H and O–H groups in total. The van der Waals surface area contributed by atoms with E-state index in [0.717, 1.165) is 0 Å². The Balaban J connectivity index is 4.19. The van der Waals surface area contributed by atoms with Gasteiger partial charge >= 0.3 is 7.95 Å². The van der Waals surface area contributed by atoms with Gasteiger partial charge in [0, 0.05) is 24.9 Å². The minimum Gasteiger partial charge on any atom is -0.366 e. The van der Waals surface area contributed by atoms with Crippen LogP contribution in [-0.4, -0.2) is 32.9 Å². The van der Waals surface area contributed by atoms with E-state index in [4.69, 9.17) is 13.3 Å². The quantitative estimate of drug-likeness (QED) is 0.401. The highest BCUT2D eigenvalue weighted by Gasteiger charge is 2.41. The van der Waals surface area contributed by atoms with Crippen LogP contribution in [0.4, 0.5) is 0 Å². The molecule has 0 saturated carbocycles. The average molecular weight is 242 g/mol. The molecule has 0 aromatic carbocycles. The molecule has 0 spiro atoms. The van der Waals surface area contributed by atoms with Crippen molar-refractivity contribution in [3.05, 3.63) is 0 Å². The van der Waals surface area contributed by atoms with Gasteiger partial charge in [-0.05, 0) is 20.8 Å². The molecule has 0 bridgehead atoms. The molecule has 0 atom stereocenters. The highest BCUT2D eigenvalue weighted by Crippen LogP contribution is 2.25. The fourth-order valence-corrected chi connectivity index (χ4v) is 6.29. The first-order valence-corrected chi connectivity index (χ1v) is 8.48. The number of rotatable bonds is 8. The lowest BCUT2D eigenvalue weighted by Crippen LogP contribution is -2.43. The predicted molar refractivity (Wildman–Crippen MR) is 62.1 cm³/mol. The van der Waals surface area contributed by atoms with E-state index >= 15 is 0 Å². The smallest absolute Gasteiger partial charge is 0.366 e. The maximum Gasteiger partial charge on any atom is 0.574 e. The zero-order valence-corrected chi connectivity index (χ0v) is 11.1. The van der Waals surface area contributed by atoms with Gasteiger partial charge in [-0.3, -0.25) is 0 Å². The van der Waals surface area contributed by atoms with Crippen molar-refractivity contribution < 1.29 is 13.3 Å². The number of hydrogen-bond donors (Lipinski definition) is 1. The largest absolute Gasteiger partial charge is 0.574 e. The Labute approximate surface area is 90.9 Å². The number of hydrogen-bond acceptors (Lipinski definition) is 5. The van der Waals surface area contributed by atoms with Crippen LogP contribution in [0.1, 0.15) is 20.8 Å². The fourth-order valence-electron chi connectivity index (χ4n) is 0.859. The second kappa shape index (κ2) is 8.13. The summed E-state index contributed by atoms with van der Waals surface area (Å²) in [6.07, 6.45) is 0. The maximum absolute atomic E-state index is 5.56. The van der Waals surface area contributed by atoms with Gasteiger partial charge in [-0.25, -0.2) is 0 Å². The molecular weight excluding hydrogens is 224 g/mol. The first-order valence-electron chi connectivity index (χ1n) is 4.41. The van der Waals surface area contributed by atoms with Gasteiger partial charge in [-0.15, -0.1) is 0 Å². The van der Waals surface area contributed by atoms with Crippen molar-refractivity contribution in [2.75, 3.05) is 24.9 Å². The van der Waals surface area contributed by atoms with E-state index in [0.29, 0.717) is 24.9 Å². The molecule has 0 aliphatic rings. The van der Waals surface area contributed by atoms with Gasteiger partial charge < -0.3 is 13.3 Å². The summed E-state index contributed by atoms with van der Waals surface area (Å²) >= 11 is 5.68. The van der Waals surface area contributed by atoms with E-state index in [-0.39, 0.29) is 0 Å². The third kappa shape index (κ3) is 5.29. The molecule has 0 radical (unpaired) electrons. The van der Waals surface area contributed by atoms with Gasteiger partial charge in [0.25, 0.3) is 0 Å². The second-order valence-corrected chi connectivity index (χ2v) is 7.63. The molecule has 80 valence electrons. The Morgan fingerprint density at radius 3 is 1.62 bits per heavy atom. The highest BCUT2D eigenvalue weighted by molar-refractivity contribution is 8.30. The summed E-state index contributed by atoms with van der Waals surface area (Å²) in [5, 5.41) is 0.659. The monoisotopic (exact) mass is 242 g/mol. The summed E-state index contributed by atoms with van der Waals surface area (Å²) in [6.45, 7) is 7.68. The lowest BCUT2D eigenvalue weighted by molar-refractivity contribution is 0.0967. The molecule has 0 aromatic heterocycles. The van der Waals surface area contributed by atoms with Crippen molar-refractivity contribution in [3.63, 3.8) is 0 Å². The second-order valence-electron chi connectivity index (χ2n) is 2.07. The summed E-state index contributed by atoms with van der Waals surface area (Å²) in [5.41, 5.74) is 0.